The Hall–Kier alpha value is -1.83. The Balaban J connectivity index is 1.46. The van der Waals surface area contributed by atoms with Crippen LogP contribution in [-0.2, 0) is 16.0 Å². The minimum Gasteiger partial charge on any atom is -0.378 e. The number of hydrogen-bond acceptors (Lipinski definition) is 6. The van der Waals surface area contributed by atoms with Crippen LogP contribution in [-0.4, -0.2) is 40.7 Å². The van der Waals surface area contributed by atoms with E-state index in [2.05, 4.69) is 20.7 Å². The van der Waals surface area contributed by atoms with E-state index in [1.807, 2.05) is 32.9 Å². The number of carbonyl (C=O) groups is 1. The fourth-order valence-corrected chi connectivity index (χ4v) is 4.35. The highest BCUT2D eigenvalue weighted by molar-refractivity contribution is 7.09. The molecule has 0 aliphatic heterocycles. The highest BCUT2D eigenvalue weighted by atomic mass is 32.1. The zero-order valence-corrected chi connectivity index (χ0v) is 17.0. The summed E-state index contributed by atoms with van der Waals surface area (Å²) in [6.07, 6.45) is 5.82. The third-order valence-electron chi connectivity index (χ3n) is 5.62. The maximum atomic E-state index is 12.6. The Morgan fingerprint density at radius 1 is 1.41 bits per heavy atom. The van der Waals surface area contributed by atoms with Gasteiger partial charge in [-0.05, 0) is 25.5 Å². The number of amides is 1. The number of hydrogen-bond donors (Lipinski definition) is 2. The summed E-state index contributed by atoms with van der Waals surface area (Å²) in [5.74, 6) is -0.0833. The highest BCUT2D eigenvalue weighted by Crippen LogP contribution is 2.49. The Morgan fingerprint density at radius 2 is 2.15 bits per heavy atom. The van der Waals surface area contributed by atoms with Crippen molar-refractivity contribution in [2.24, 2.45) is 11.1 Å². The Morgan fingerprint density at radius 3 is 2.81 bits per heavy atom. The van der Waals surface area contributed by atoms with Crippen LogP contribution in [0, 0.1) is 5.41 Å². The monoisotopic (exact) mass is 388 g/mol. The molecule has 146 valence electrons. The van der Waals surface area contributed by atoms with E-state index >= 15 is 0 Å². The molecule has 1 amide bonds. The van der Waals surface area contributed by atoms with Crippen molar-refractivity contribution < 1.29 is 9.53 Å². The minimum atomic E-state index is -0.859. The van der Waals surface area contributed by atoms with Gasteiger partial charge in [-0.25, -0.2) is 4.98 Å². The topological polar surface area (TPSA) is 90.1 Å². The molecule has 2 atom stereocenters. The van der Waals surface area contributed by atoms with Gasteiger partial charge >= 0.3 is 0 Å². The van der Waals surface area contributed by atoms with Crippen molar-refractivity contribution in [3.63, 3.8) is 0 Å². The largest absolute Gasteiger partial charge is 0.378 e. The van der Waals surface area contributed by atoms with Crippen LogP contribution in [0.3, 0.4) is 0 Å². The third kappa shape index (κ3) is 3.90. The zero-order valence-electron chi connectivity index (χ0n) is 16.2. The second kappa shape index (κ2) is 8.04. The number of thiazole rings is 1. The molecule has 0 radical (unpaired) electrons. The number of carbonyl (C=O) groups excluding carboxylic acids is 1. The molecule has 0 spiro atoms. The van der Waals surface area contributed by atoms with Crippen LogP contribution in [0.2, 0.25) is 0 Å². The Bertz CT molecular complexity index is 777. The van der Waals surface area contributed by atoms with E-state index in [0.29, 0.717) is 19.6 Å². The standard InChI is InChI=1S/C20H28N4O2S/c1-4-26-16-12-20(21,19(16,2)3)18(25)23-9-5-6-17-24-15(13-27-17)14-7-10-22-11-8-14/h7-8,10-11,13,16H,4-6,9,12,21H2,1-3H3,(H,23,25). The molecule has 0 aromatic carbocycles. The van der Waals surface area contributed by atoms with Crippen LogP contribution in [0.4, 0.5) is 0 Å². The molecule has 6 nitrogen and oxygen atoms in total. The molecular weight excluding hydrogens is 360 g/mol. The number of aromatic nitrogens is 2. The predicted octanol–water partition coefficient (Wildman–Crippen LogP) is 2.79. The maximum Gasteiger partial charge on any atom is 0.240 e. The van der Waals surface area contributed by atoms with Crippen molar-refractivity contribution in [3.05, 3.63) is 34.9 Å². The van der Waals surface area contributed by atoms with Gasteiger partial charge in [-0.3, -0.25) is 9.78 Å². The molecule has 0 bridgehead atoms. The number of nitrogens with one attached hydrogen (secondary N) is 1. The van der Waals surface area contributed by atoms with E-state index in [1.165, 1.54) is 0 Å². The van der Waals surface area contributed by atoms with E-state index in [-0.39, 0.29) is 17.4 Å². The van der Waals surface area contributed by atoms with Crippen molar-refractivity contribution in [2.45, 2.75) is 51.7 Å². The van der Waals surface area contributed by atoms with Gasteiger partial charge in [0.15, 0.2) is 0 Å². The smallest absolute Gasteiger partial charge is 0.240 e. The molecule has 2 aromatic heterocycles. The lowest BCUT2D eigenvalue weighted by Crippen LogP contribution is -2.75. The fraction of sp³-hybridized carbons (Fsp3) is 0.550. The van der Waals surface area contributed by atoms with Crippen LogP contribution < -0.4 is 11.1 Å². The van der Waals surface area contributed by atoms with Crippen molar-refractivity contribution in [3.8, 4) is 11.3 Å². The first-order valence-corrected chi connectivity index (χ1v) is 10.3. The average molecular weight is 389 g/mol. The van der Waals surface area contributed by atoms with Gasteiger partial charge in [0.05, 0.1) is 16.8 Å². The van der Waals surface area contributed by atoms with Gasteiger partial charge in [-0.2, -0.15) is 0 Å². The lowest BCUT2D eigenvalue weighted by atomic mass is 9.54. The van der Waals surface area contributed by atoms with Crippen molar-refractivity contribution in [2.75, 3.05) is 13.2 Å². The lowest BCUT2D eigenvalue weighted by molar-refractivity contribution is -0.170. The molecule has 2 unspecified atom stereocenters. The molecule has 27 heavy (non-hydrogen) atoms. The second-order valence-corrected chi connectivity index (χ2v) is 8.51. The molecule has 1 fully saturated rings. The number of rotatable bonds is 8. The molecule has 3 N–H and O–H groups in total. The van der Waals surface area contributed by atoms with Gasteiger partial charge in [0, 0.05) is 54.7 Å². The molecule has 2 aromatic rings. The van der Waals surface area contributed by atoms with Gasteiger partial charge in [0.25, 0.3) is 0 Å². The summed E-state index contributed by atoms with van der Waals surface area (Å²) >= 11 is 1.64. The minimum absolute atomic E-state index is 0.0418. The van der Waals surface area contributed by atoms with Gasteiger partial charge in [-0.1, -0.05) is 13.8 Å². The number of pyridine rings is 1. The number of ether oxygens (including phenoxy) is 1. The summed E-state index contributed by atoms with van der Waals surface area (Å²) in [4.78, 5) is 21.3. The summed E-state index contributed by atoms with van der Waals surface area (Å²) in [5.41, 5.74) is 7.22. The number of nitrogens with two attached hydrogens (primary N) is 1. The van der Waals surface area contributed by atoms with Gasteiger partial charge in [0.1, 0.15) is 5.54 Å². The van der Waals surface area contributed by atoms with Crippen LogP contribution >= 0.6 is 11.3 Å². The first-order chi connectivity index (χ1) is 12.9. The van der Waals surface area contributed by atoms with Crippen LogP contribution in [0.25, 0.3) is 11.3 Å². The van der Waals surface area contributed by atoms with E-state index in [1.54, 1.807) is 23.7 Å². The quantitative estimate of drug-likeness (QED) is 0.679. The average Bonchev–Trinajstić information content (AvgIpc) is 3.14. The molecule has 7 heteroatoms. The van der Waals surface area contributed by atoms with Crippen LogP contribution in [0.5, 0.6) is 0 Å². The summed E-state index contributed by atoms with van der Waals surface area (Å²) in [6, 6.07) is 3.91. The van der Waals surface area contributed by atoms with Crippen molar-refractivity contribution >= 4 is 17.2 Å². The summed E-state index contributed by atoms with van der Waals surface area (Å²) in [7, 11) is 0. The first-order valence-electron chi connectivity index (χ1n) is 9.42. The fourth-order valence-electron chi connectivity index (χ4n) is 3.50. The summed E-state index contributed by atoms with van der Waals surface area (Å²) in [6.45, 7) is 7.21. The SMILES string of the molecule is CCOC1CC(N)(C(=O)NCCCc2nc(-c3ccncc3)cs2)C1(C)C. The third-order valence-corrected chi connectivity index (χ3v) is 6.52. The van der Waals surface area contributed by atoms with Gasteiger partial charge < -0.3 is 15.8 Å². The summed E-state index contributed by atoms with van der Waals surface area (Å²) < 4.78 is 5.69. The second-order valence-electron chi connectivity index (χ2n) is 7.56. The zero-order chi connectivity index (χ0) is 19.5. The van der Waals surface area contributed by atoms with E-state index < -0.39 is 5.54 Å². The predicted molar refractivity (Wildman–Crippen MR) is 107 cm³/mol. The van der Waals surface area contributed by atoms with Gasteiger partial charge in [-0.15, -0.1) is 11.3 Å². The van der Waals surface area contributed by atoms with E-state index in [4.69, 9.17) is 10.5 Å². The Labute approximate surface area is 164 Å². The molecule has 1 aliphatic rings. The number of aryl methyl sites for hydroxylation is 1. The van der Waals surface area contributed by atoms with Crippen LogP contribution in [0.1, 0.15) is 38.6 Å². The normalized spacial score (nSPS) is 23.6. The Kier molecular flexibility index (Phi) is 5.93. The lowest BCUT2D eigenvalue weighted by Gasteiger charge is -2.57. The van der Waals surface area contributed by atoms with Crippen molar-refractivity contribution in [1.29, 1.82) is 0 Å². The van der Waals surface area contributed by atoms with Crippen LogP contribution in [0.15, 0.2) is 29.9 Å². The molecular formula is C20H28N4O2S. The first kappa shape index (κ1) is 19.9. The number of nitrogens with zero attached hydrogens (tertiary/aromatic N) is 2. The van der Waals surface area contributed by atoms with E-state index in [0.717, 1.165) is 29.1 Å². The maximum absolute atomic E-state index is 12.6. The van der Waals surface area contributed by atoms with Gasteiger partial charge in [0.2, 0.25) is 5.91 Å². The van der Waals surface area contributed by atoms with Crippen molar-refractivity contribution in [1.82, 2.24) is 15.3 Å². The molecule has 3 rings (SSSR count). The highest BCUT2D eigenvalue weighted by Gasteiger charge is 2.62. The molecule has 1 saturated carbocycles. The molecule has 2 heterocycles. The van der Waals surface area contributed by atoms with E-state index in [9.17, 15) is 4.79 Å². The summed E-state index contributed by atoms with van der Waals surface area (Å²) in [5, 5.41) is 6.13. The molecule has 0 saturated heterocycles. The molecule has 1 aliphatic carbocycles.